The highest BCUT2D eigenvalue weighted by atomic mass is 19.1. The topological polar surface area (TPSA) is 35.2 Å². The summed E-state index contributed by atoms with van der Waals surface area (Å²) >= 11 is 0. The molecule has 0 fully saturated rings. The zero-order chi connectivity index (χ0) is 12.3. The zero-order valence-electron chi connectivity index (χ0n) is 9.46. The molecule has 0 amide bonds. The minimum Gasteiger partial charge on any atom is -0.501 e. The summed E-state index contributed by atoms with van der Waals surface area (Å²) in [7, 11) is 0. The lowest BCUT2D eigenvalue weighted by Crippen LogP contribution is -2.27. The largest absolute Gasteiger partial charge is 0.501 e. The Balaban J connectivity index is 2.07. The van der Waals surface area contributed by atoms with Crippen LogP contribution in [0.5, 0.6) is 0 Å². The van der Waals surface area contributed by atoms with E-state index in [-0.39, 0.29) is 6.04 Å². The summed E-state index contributed by atoms with van der Waals surface area (Å²) in [6.45, 7) is 0.709. The molecule has 0 saturated carbocycles. The predicted octanol–water partition coefficient (Wildman–Crippen LogP) is 2.53. The first-order valence-electron chi connectivity index (χ1n) is 5.67. The Bertz CT molecular complexity index is 431. The fourth-order valence-electron chi connectivity index (χ4n) is 1.91. The Kier molecular flexibility index (Phi) is 3.74. The van der Waals surface area contributed by atoms with Crippen molar-refractivity contribution in [3.05, 3.63) is 47.2 Å². The Hall–Kier alpha value is -1.42. The van der Waals surface area contributed by atoms with Crippen molar-refractivity contribution in [2.24, 2.45) is 5.73 Å². The van der Waals surface area contributed by atoms with Gasteiger partial charge in [0.25, 0.3) is 0 Å². The van der Waals surface area contributed by atoms with Crippen LogP contribution in [0.15, 0.2) is 30.0 Å². The van der Waals surface area contributed by atoms with Crippen LogP contribution in [0.3, 0.4) is 0 Å². The van der Waals surface area contributed by atoms with E-state index in [1.807, 2.05) is 0 Å². The molecule has 0 radical (unpaired) electrons. The second-order valence-corrected chi connectivity index (χ2v) is 4.21. The van der Waals surface area contributed by atoms with Gasteiger partial charge in [0.2, 0.25) is 0 Å². The van der Waals surface area contributed by atoms with E-state index in [2.05, 4.69) is 0 Å². The van der Waals surface area contributed by atoms with Crippen molar-refractivity contribution in [1.29, 1.82) is 0 Å². The van der Waals surface area contributed by atoms with Crippen molar-refractivity contribution in [3.63, 3.8) is 0 Å². The van der Waals surface area contributed by atoms with Crippen molar-refractivity contribution in [1.82, 2.24) is 0 Å². The molecule has 2 rings (SSSR count). The lowest BCUT2D eigenvalue weighted by atomic mass is 9.96. The molecule has 4 heteroatoms. The average Bonchev–Trinajstić information content (AvgIpc) is 2.34. The molecule has 92 valence electrons. The smallest absolute Gasteiger partial charge is 0.129 e. The van der Waals surface area contributed by atoms with Gasteiger partial charge >= 0.3 is 0 Å². The molecule has 0 bridgehead atoms. The molecule has 2 nitrogen and oxygen atoms in total. The van der Waals surface area contributed by atoms with E-state index in [4.69, 9.17) is 10.5 Å². The van der Waals surface area contributed by atoms with Gasteiger partial charge in [0.15, 0.2) is 0 Å². The minimum absolute atomic E-state index is 0.268. The van der Waals surface area contributed by atoms with Gasteiger partial charge in [0.1, 0.15) is 11.6 Å². The summed E-state index contributed by atoms with van der Waals surface area (Å²) < 4.78 is 31.4. The first-order valence-corrected chi connectivity index (χ1v) is 5.67. The van der Waals surface area contributed by atoms with Crippen LogP contribution in [0.4, 0.5) is 8.78 Å². The van der Waals surface area contributed by atoms with Gasteiger partial charge in [0, 0.05) is 12.1 Å². The third-order valence-corrected chi connectivity index (χ3v) is 2.89. The Labute approximate surface area is 99.1 Å². The second-order valence-electron chi connectivity index (χ2n) is 4.21. The van der Waals surface area contributed by atoms with Crippen LogP contribution < -0.4 is 5.73 Å². The number of ether oxygens (including phenoxy) is 1. The third kappa shape index (κ3) is 3.03. The van der Waals surface area contributed by atoms with Crippen LogP contribution in [-0.4, -0.2) is 12.6 Å². The fourth-order valence-corrected chi connectivity index (χ4v) is 1.91. The van der Waals surface area contributed by atoms with Crippen LogP contribution >= 0.6 is 0 Å². The van der Waals surface area contributed by atoms with Crippen molar-refractivity contribution in [3.8, 4) is 0 Å². The van der Waals surface area contributed by atoms with E-state index in [0.717, 1.165) is 24.5 Å². The zero-order valence-corrected chi connectivity index (χ0v) is 9.46. The first kappa shape index (κ1) is 12.0. The molecule has 1 aliphatic heterocycles. The maximum Gasteiger partial charge on any atom is 0.129 e. The van der Waals surface area contributed by atoms with Crippen LogP contribution in [0.25, 0.3) is 0 Å². The Morgan fingerprint density at radius 3 is 2.82 bits per heavy atom. The van der Waals surface area contributed by atoms with E-state index in [1.165, 1.54) is 12.1 Å². The number of hydrogen-bond donors (Lipinski definition) is 1. The molecule has 0 saturated heterocycles. The molecule has 0 aromatic heterocycles. The highest BCUT2D eigenvalue weighted by Gasteiger charge is 2.15. The minimum atomic E-state index is -0.569. The number of benzene rings is 1. The number of nitrogens with two attached hydrogens (primary N) is 1. The number of rotatable bonds is 3. The van der Waals surface area contributed by atoms with E-state index in [0.29, 0.717) is 18.6 Å². The monoisotopic (exact) mass is 239 g/mol. The van der Waals surface area contributed by atoms with Crippen LogP contribution in [0, 0.1) is 11.6 Å². The molecule has 1 unspecified atom stereocenters. The van der Waals surface area contributed by atoms with Gasteiger partial charge in [-0.1, -0.05) is 6.07 Å². The lowest BCUT2D eigenvalue weighted by Gasteiger charge is -2.20. The molecule has 0 aliphatic carbocycles. The normalized spacial score (nSPS) is 17.2. The summed E-state index contributed by atoms with van der Waals surface area (Å²) in [6, 6.07) is 3.30. The van der Waals surface area contributed by atoms with Crippen LogP contribution in [0.1, 0.15) is 18.4 Å². The van der Waals surface area contributed by atoms with Gasteiger partial charge in [-0.25, -0.2) is 8.78 Å². The average molecular weight is 239 g/mol. The summed E-state index contributed by atoms with van der Waals surface area (Å²) in [5.74, 6) is -1.11. The van der Waals surface area contributed by atoms with Gasteiger partial charge in [-0.3, -0.25) is 0 Å². The SMILES string of the molecule is NC(Cc1ccc(F)cc1F)C1=COCCC1. The molecule has 1 aromatic carbocycles. The molecule has 1 heterocycles. The summed E-state index contributed by atoms with van der Waals surface area (Å²) in [6.07, 6.45) is 3.84. The molecule has 1 aliphatic rings. The summed E-state index contributed by atoms with van der Waals surface area (Å²) in [5.41, 5.74) is 7.40. The second kappa shape index (κ2) is 5.27. The van der Waals surface area contributed by atoms with E-state index < -0.39 is 11.6 Å². The van der Waals surface area contributed by atoms with Gasteiger partial charge in [-0.2, -0.15) is 0 Å². The highest BCUT2D eigenvalue weighted by molar-refractivity contribution is 5.22. The highest BCUT2D eigenvalue weighted by Crippen LogP contribution is 2.19. The third-order valence-electron chi connectivity index (χ3n) is 2.89. The van der Waals surface area contributed by atoms with Gasteiger partial charge in [-0.15, -0.1) is 0 Å². The van der Waals surface area contributed by atoms with Crippen molar-refractivity contribution in [2.45, 2.75) is 25.3 Å². The number of halogens is 2. The van der Waals surface area contributed by atoms with Gasteiger partial charge < -0.3 is 10.5 Å². The molecule has 2 N–H and O–H groups in total. The van der Waals surface area contributed by atoms with Crippen LogP contribution in [-0.2, 0) is 11.2 Å². The molecular weight excluding hydrogens is 224 g/mol. The van der Waals surface area contributed by atoms with Crippen molar-refractivity contribution < 1.29 is 13.5 Å². The van der Waals surface area contributed by atoms with E-state index >= 15 is 0 Å². The van der Waals surface area contributed by atoms with Gasteiger partial charge in [0.05, 0.1) is 12.9 Å². The van der Waals surface area contributed by atoms with Crippen molar-refractivity contribution >= 4 is 0 Å². The fraction of sp³-hybridized carbons (Fsp3) is 0.385. The van der Waals surface area contributed by atoms with E-state index in [9.17, 15) is 8.78 Å². The first-order chi connectivity index (χ1) is 8.16. The number of hydrogen-bond acceptors (Lipinski definition) is 2. The molecule has 1 aromatic rings. The standard InChI is InChI=1S/C13H15F2NO/c14-11-4-3-9(12(15)7-11)6-13(16)10-2-1-5-17-8-10/h3-4,7-8,13H,1-2,5-6,16H2. The summed E-state index contributed by atoms with van der Waals surface area (Å²) in [4.78, 5) is 0. The maximum atomic E-state index is 13.4. The maximum absolute atomic E-state index is 13.4. The predicted molar refractivity (Wildman–Crippen MR) is 61.3 cm³/mol. The molecule has 17 heavy (non-hydrogen) atoms. The van der Waals surface area contributed by atoms with Crippen molar-refractivity contribution in [2.75, 3.05) is 6.61 Å². The Morgan fingerprint density at radius 1 is 1.35 bits per heavy atom. The quantitative estimate of drug-likeness (QED) is 0.879. The molecule has 0 spiro atoms. The lowest BCUT2D eigenvalue weighted by molar-refractivity contribution is 0.221. The van der Waals surface area contributed by atoms with E-state index in [1.54, 1.807) is 6.26 Å². The van der Waals surface area contributed by atoms with Gasteiger partial charge in [-0.05, 0) is 36.5 Å². The molecule has 1 atom stereocenters. The Morgan fingerprint density at radius 2 is 2.18 bits per heavy atom. The molecular formula is C13H15F2NO. The van der Waals surface area contributed by atoms with Crippen LogP contribution in [0.2, 0.25) is 0 Å². The summed E-state index contributed by atoms with van der Waals surface area (Å²) in [5, 5.41) is 0.